The van der Waals surface area contributed by atoms with Crippen LogP contribution >= 0.6 is 0 Å². The summed E-state index contributed by atoms with van der Waals surface area (Å²) in [5, 5.41) is 2.80. The molecule has 1 aromatic rings. The van der Waals surface area contributed by atoms with Crippen LogP contribution in [-0.4, -0.2) is 70.3 Å². The maximum absolute atomic E-state index is 12.6. The maximum atomic E-state index is 12.6. The van der Waals surface area contributed by atoms with Gasteiger partial charge in [-0.3, -0.25) is 19.7 Å². The number of guanidine groups is 1. The minimum atomic E-state index is -0.783. The van der Waals surface area contributed by atoms with Crippen LogP contribution in [0.25, 0.3) is 0 Å². The molecule has 0 radical (unpaired) electrons. The van der Waals surface area contributed by atoms with Gasteiger partial charge in [0.2, 0.25) is 11.9 Å². The first kappa shape index (κ1) is 18.1. The Labute approximate surface area is 151 Å². The van der Waals surface area contributed by atoms with Gasteiger partial charge in [-0.1, -0.05) is 0 Å². The van der Waals surface area contributed by atoms with Gasteiger partial charge < -0.3 is 14.8 Å². The van der Waals surface area contributed by atoms with Gasteiger partial charge in [0.05, 0.1) is 6.42 Å². The van der Waals surface area contributed by atoms with Crippen LogP contribution in [0, 0.1) is 13.8 Å². The third-order valence-corrected chi connectivity index (χ3v) is 5.00. The van der Waals surface area contributed by atoms with Gasteiger partial charge in [0.15, 0.2) is 0 Å². The first-order valence-electron chi connectivity index (χ1n) is 8.65. The van der Waals surface area contributed by atoms with Gasteiger partial charge in [-0.2, -0.15) is 0 Å². The zero-order valence-electron chi connectivity index (χ0n) is 15.5. The number of likely N-dealkylation sites (tertiary alicyclic amines) is 1. The summed E-state index contributed by atoms with van der Waals surface area (Å²) in [5.74, 6) is 0.853. The smallest absolute Gasteiger partial charge is 0.254 e. The molecular weight excluding hydrogens is 336 g/mol. The average molecular weight is 360 g/mol. The minimum Gasteiger partial charge on any atom is -0.349 e. The van der Waals surface area contributed by atoms with E-state index in [2.05, 4.69) is 20.3 Å². The highest BCUT2D eigenvalue weighted by Gasteiger charge is 2.46. The van der Waals surface area contributed by atoms with Gasteiger partial charge in [-0.05, 0) is 26.7 Å². The quantitative estimate of drug-likeness (QED) is 0.727. The SMILES string of the molecule is Cc1nc(C)c(CC(=O)N2CCC3(CC2)N=C(N(C)C)NC3=O)c(=O)[nH]1. The van der Waals surface area contributed by atoms with Crippen LogP contribution in [-0.2, 0) is 16.0 Å². The Morgan fingerprint density at radius 1 is 1.23 bits per heavy atom. The molecule has 1 spiro atoms. The summed E-state index contributed by atoms with van der Waals surface area (Å²) in [7, 11) is 3.65. The van der Waals surface area contributed by atoms with E-state index in [1.165, 1.54) is 0 Å². The molecule has 0 aliphatic carbocycles. The predicted molar refractivity (Wildman–Crippen MR) is 95.8 cm³/mol. The lowest BCUT2D eigenvalue weighted by Crippen LogP contribution is -2.51. The number of carbonyl (C=O) groups is 2. The molecule has 0 atom stereocenters. The lowest BCUT2D eigenvalue weighted by molar-refractivity contribution is -0.135. The van der Waals surface area contributed by atoms with Crippen molar-refractivity contribution in [1.82, 2.24) is 25.1 Å². The number of carbonyl (C=O) groups excluding carboxylic acids is 2. The average Bonchev–Trinajstić information content (AvgIpc) is 2.88. The van der Waals surface area contributed by atoms with Crippen molar-refractivity contribution >= 4 is 17.8 Å². The molecule has 1 aromatic heterocycles. The molecule has 3 rings (SSSR count). The number of rotatable bonds is 2. The van der Waals surface area contributed by atoms with Gasteiger partial charge >= 0.3 is 0 Å². The van der Waals surface area contributed by atoms with Crippen LogP contribution < -0.4 is 10.9 Å². The summed E-state index contributed by atoms with van der Waals surface area (Å²) in [6.45, 7) is 4.31. The van der Waals surface area contributed by atoms with E-state index in [9.17, 15) is 14.4 Å². The Balaban J connectivity index is 1.68. The number of aliphatic imine (C=N–C) groups is 1. The Morgan fingerprint density at radius 3 is 2.42 bits per heavy atom. The molecule has 26 heavy (non-hydrogen) atoms. The summed E-state index contributed by atoms with van der Waals surface area (Å²) in [5.41, 5.74) is -0.0852. The summed E-state index contributed by atoms with van der Waals surface area (Å²) in [6.07, 6.45) is 0.965. The van der Waals surface area contributed by atoms with Crippen molar-refractivity contribution in [3.8, 4) is 0 Å². The van der Waals surface area contributed by atoms with Crippen LogP contribution in [0.4, 0.5) is 0 Å². The Morgan fingerprint density at radius 2 is 1.88 bits per heavy atom. The fourth-order valence-electron chi connectivity index (χ4n) is 3.40. The molecule has 2 aliphatic heterocycles. The van der Waals surface area contributed by atoms with E-state index < -0.39 is 5.54 Å². The third-order valence-electron chi connectivity index (χ3n) is 5.00. The van der Waals surface area contributed by atoms with Gasteiger partial charge in [-0.15, -0.1) is 0 Å². The van der Waals surface area contributed by atoms with Crippen molar-refractivity contribution in [1.29, 1.82) is 0 Å². The van der Waals surface area contributed by atoms with Crippen molar-refractivity contribution in [2.45, 2.75) is 38.6 Å². The van der Waals surface area contributed by atoms with Crippen LogP contribution in [0.5, 0.6) is 0 Å². The highest BCUT2D eigenvalue weighted by molar-refractivity contribution is 6.07. The molecule has 3 heterocycles. The molecule has 2 aliphatic rings. The summed E-state index contributed by atoms with van der Waals surface area (Å²) < 4.78 is 0. The van der Waals surface area contributed by atoms with E-state index in [4.69, 9.17) is 0 Å². The number of amides is 2. The van der Waals surface area contributed by atoms with Crippen LogP contribution in [0.15, 0.2) is 9.79 Å². The number of hydrogen-bond donors (Lipinski definition) is 2. The van der Waals surface area contributed by atoms with Crippen molar-refractivity contribution in [2.75, 3.05) is 27.2 Å². The highest BCUT2D eigenvalue weighted by Crippen LogP contribution is 2.30. The monoisotopic (exact) mass is 360 g/mol. The first-order valence-corrected chi connectivity index (χ1v) is 8.65. The van der Waals surface area contributed by atoms with E-state index in [1.807, 2.05) is 14.1 Å². The second kappa shape index (κ2) is 6.54. The minimum absolute atomic E-state index is 0.0137. The fourth-order valence-corrected chi connectivity index (χ4v) is 3.40. The Bertz CT molecular complexity index is 833. The molecule has 0 bridgehead atoms. The maximum Gasteiger partial charge on any atom is 0.254 e. The molecule has 2 N–H and O–H groups in total. The largest absolute Gasteiger partial charge is 0.349 e. The standard InChI is InChI=1S/C17H24N6O3/c1-10-12(14(25)19-11(2)18-10)9-13(24)23-7-5-17(6-8-23)15(26)20-16(21-17)22(3)4/h5-9H2,1-4H3,(H,18,19,25)(H,20,21,26). The summed E-state index contributed by atoms with van der Waals surface area (Å²) in [4.78, 5) is 51.9. The number of aromatic nitrogens is 2. The number of nitrogens with zero attached hydrogens (tertiary/aromatic N) is 4. The van der Waals surface area contributed by atoms with Crippen molar-refractivity contribution in [2.24, 2.45) is 4.99 Å². The van der Waals surface area contributed by atoms with Crippen molar-refractivity contribution < 1.29 is 9.59 Å². The van der Waals surface area contributed by atoms with Crippen molar-refractivity contribution in [3.63, 3.8) is 0 Å². The molecule has 0 saturated carbocycles. The summed E-state index contributed by atoms with van der Waals surface area (Å²) >= 11 is 0. The van der Waals surface area contributed by atoms with Gasteiger partial charge in [-0.25, -0.2) is 9.98 Å². The lowest BCUT2D eigenvalue weighted by Gasteiger charge is -2.35. The molecule has 1 saturated heterocycles. The van der Waals surface area contributed by atoms with E-state index in [0.717, 1.165) is 0 Å². The molecule has 0 unspecified atom stereocenters. The number of nitrogens with one attached hydrogen (secondary N) is 2. The van der Waals surface area contributed by atoms with Crippen LogP contribution in [0.1, 0.15) is 29.9 Å². The molecule has 0 aromatic carbocycles. The van der Waals surface area contributed by atoms with Crippen molar-refractivity contribution in [3.05, 3.63) is 27.4 Å². The van der Waals surface area contributed by atoms with Gasteiger partial charge in [0.25, 0.3) is 11.5 Å². The fraction of sp³-hybridized carbons (Fsp3) is 0.588. The Kier molecular flexibility index (Phi) is 4.55. The molecule has 9 nitrogen and oxygen atoms in total. The molecule has 2 amide bonds. The van der Waals surface area contributed by atoms with E-state index in [0.29, 0.717) is 49.0 Å². The molecule has 140 valence electrons. The van der Waals surface area contributed by atoms with Gasteiger partial charge in [0, 0.05) is 38.4 Å². The molecule has 9 heteroatoms. The van der Waals surface area contributed by atoms with Crippen LogP contribution in [0.3, 0.4) is 0 Å². The van der Waals surface area contributed by atoms with Crippen LogP contribution in [0.2, 0.25) is 0 Å². The number of H-pyrrole nitrogens is 1. The second-order valence-corrected chi connectivity index (χ2v) is 7.09. The topological polar surface area (TPSA) is 111 Å². The van der Waals surface area contributed by atoms with E-state index in [1.54, 1.807) is 23.6 Å². The number of hydrogen-bond acceptors (Lipinski definition) is 6. The first-order chi connectivity index (χ1) is 12.2. The molecular formula is C17H24N6O3. The lowest BCUT2D eigenvalue weighted by atomic mass is 9.88. The highest BCUT2D eigenvalue weighted by atomic mass is 16.2. The van der Waals surface area contributed by atoms with E-state index >= 15 is 0 Å². The van der Waals surface area contributed by atoms with Gasteiger partial charge in [0.1, 0.15) is 11.4 Å². The zero-order valence-corrected chi connectivity index (χ0v) is 15.5. The zero-order chi connectivity index (χ0) is 19.1. The number of aryl methyl sites for hydroxylation is 2. The Hall–Kier alpha value is -2.71. The predicted octanol–water partition coefficient (Wildman–Crippen LogP) is -0.662. The number of piperidine rings is 1. The van der Waals surface area contributed by atoms with E-state index in [-0.39, 0.29) is 23.8 Å². The third kappa shape index (κ3) is 3.21. The molecule has 1 fully saturated rings. The second-order valence-electron chi connectivity index (χ2n) is 7.09. The summed E-state index contributed by atoms with van der Waals surface area (Å²) in [6, 6.07) is 0. The number of aromatic amines is 1. The normalized spacial score (nSPS) is 18.7.